The smallest absolute Gasteiger partial charge is 0.255 e. The van der Waals surface area contributed by atoms with Gasteiger partial charge in [0.05, 0.1) is 41.9 Å². The molecular weight excluding hydrogens is 560 g/mol. The Bertz CT molecular complexity index is 1730. The van der Waals surface area contributed by atoms with Crippen LogP contribution in [-0.4, -0.2) is 87.2 Å². The molecule has 1 saturated carbocycles. The van der Waals surface area contributed by atoms with Crippen LogP contribution in [0.1, 0.15) is 17.2 Å². The summed E-state index contributed by atoms with van der Waals surface area (Å²) in [5, 5.41) is 56.9. The number of hydrogen-bond donors (Lipinski definition) is 8. The maximum atomic E-state index is 14.5. The minimum atomic E-state index is -3.05. The zero-order valence-electron chi connectivity index (χ0n) is 23.3. The Morgan fingerprint density at radius 1 is 1.07 bits per heavy atom. The first-order chi connectivity index (χ1) is 20.1. The molecule has 0 aromatic heterocycles. The fraction of sp³-hybridized carbons (Fsp3) is 0.310. The van der Waals surface area contributed by atoms with Crippen molar-refractivity contribution >= 4 is 23.2 Å². The van der Waals surface area contributed by atoms with E-state index in [4.69, 9.17) is 27.7 Å². The summed E-state index contributed by atoms with van der Waals surface area (Å²) in [7, 11) is 4.15. The van der Waals surface area contributed by atoms with Crippen LogP contribution < -0.4 is 27.7 Å². The van der Waals surface area contributed by atoms with E-state index in [0.717, 1.165) is 4.90 Å². The third-order valence-corrected chi connectivity index (χ3v) is 8.96. The lowest BCUT2D eigenvalue weighted by Gasteiger charge is -2.62. The predicted octanol–water partition coefficient (Wildman–Crippen LogP) is -0.991. The van der Waals surface area contributed by atoms with Gasteiger partial charge in [0.1, 0.15) is 40.2 Å². The van der Waals surface area contributed by atoms with Gasteiger partial charge in [-0.05, 0) is 37.4 Å². The average Bonchev–Trinajstić information content (AvgIpc) is 2.95. The molecule has 2 aromatic carbocycles. The van der Waals surface area contributed by atoms with E-state index in [1.807, 2.05) is 0 Å². The number of carbonyl (C=O) groups is 3. The van der Waals surface area contributed by atoms with E-state index in [0.29, 0.717) is 11.3 Å². The van der Waals surface area contributed by atoms with Gasteiger partial charge >= 0.3 is 0 Å². The first-order valence-corrected chi connectivity index (χ1v) is 12.9. The van der Waals surface area contributed by atoms with Gasteiger partial charge in [0.15, 0.2) is 17.0 Å². The summed E-state index contributed by atoms with van der Waals surface area (Å²) in [6, 6.07) is 7.73. The molecule has 12 N–H and O–H groups in total. The van der Waals surface area contributed by atoms with Crippen molar-refractivity contribution in [3.05, 3.63) is 64.4 Å². The molecule has 1 unspecified atom stereocenters. The number of nitrogens with two attached hydrogens (primary N) is 4. The van der Waals surface area contributed by atoms with Gasteiger partial charge in [-0.3, -0.25) is 19.3 Å². The van der Waals surface area contributed by atoms with Gasteiger partial charge in [-0.2, -0.15) is 5.26 Å². The summed E-state index contributed by atoms with van der Waals surface area (Å²) >= 11 is 0. The Morgan fingerprint density at radius 2 is 1.67 bits per heavy atom. The highest BCUT2D eigenvalue weighted by Gasteiger charge is 2.79. The minimum Gasteiger partial charge on any atom is -0.509 e. The Morgan fingerprint density at radius 3 is 2.19 bits per heavy atom. The molecule has 1 amide bonds. The second kappa shape index (κ2) is 9.36. The number of phenolic OH excluding ortho intramolecular Hbond substituents is 1. The lowest BCUT2D eigenvalue weighted by Crippen LogP contribution is -2.87. The normalized spacial score (nSPS) is 31.7. The van der Waals surface area contributed by atoms with Gasteiger partial charge in [-0.1, -0.05) is 24.3 Å². The highest BCUT2D eigenvalue weighted by molar-refractivity contribution is 6.26. The van der Waals surface area contributed by atoms with E-state index >= 15 is 0 Å². The number of carbonyl (C=O) groups excluding carboxylic acids is 3. The van der Waals surface area contributed by atoms with Gasteiger partial charge in [0, 0.05) is 5.56 Å². The van der Waals surface area contributed by atoms with Crippen molar-refractivity contribution in [2.45, 2.75) is 29.3 Å². The molecule has 0 radical (unpaired) electrons. The molecular formula is C29H30N6O8. The largest absolute Gasteiger partial charge is 0.509 e. The number of phenols is 1. The van der Waals surface area contributed by atoms with Crippen LogP contribution in [0.5, 0.6) is 11.5 Å². The maximum Gasteiger partial charge on any atom is 0.255 e. The number of aliphatic hydroxyl groups excluding tert-OH is 3. The number of nitriles is 1. The van der Waals surface area contributed by atoms with Crippen LogP contribution in [0.4, 0.5) is 0 Å². The van der Waals surface area contributed by atoms with Crippen LogP contribution in [0.15, 0.2) is 53.3 Å². The Balaban J connectivity index is 1.87. The monoisotopic (exact) mass is 590 g/mol. The number of rotatable bonds is 4. The van der Waals surface area contributed by atoms with Crippen molar-refractivity contribution in [3.63, 3.8) is 0 Å². The van der Waals surface area contributed by atoms with E-state index in [-0.39, 0.29) is 16.7 Å². The highest BCUT2D eigenvalue weighted by Crippen LogP contribution is 2.60. The van der Waals surface area contributed by atoms with Crippen molar-refractivity contribution in [1.29, 1.82) is 5.26 Å². The number of fused-ring (bicyclic) bond motifs is 3. The van der Waals surface area contributed by atoms with E-state index < -0.39 is 80.6 Å². The number of aromatic hydroxyl groups is 1. The quantitative estimate of drug-likeness (QED) is 0.199. The fourth-order valence-electron chi connectivity index (χ4n) is 6.88. The lowest BCUT2D eigenvalue weighted by molar-refractivity contribution is -0.153. The second-order valence-corrected chi connectivity index (χ2v) is 11.1. The first-order valence-electron chi connectivity index (χ1n) is 12.9. The van der Waals surface area contributed by atoms with Crippen LogP contribution in [0.25, 0.3) is 16.9 Å². The molecule has 14 nitrogen and oxygen atoms in total. The van der Waals surface area contributed by atoms with Crippen molar-refractivity contribution in [2.24, 2.45) is 28.3 Å². The molecule has 3 aliphatic rings. The highest BCUT2D eigenvalue weighted by atomic mass is 16.5. The lowest BCUT2D eigenvalue weighted by atomic mass is 9.45. The standard InChI is InChI=1S/C29H30N6O8/c1-35(2)22-20(38)16(25(32)41)23(39)27(10-30)24(40)17-19(37)15-14(21(31)28(17,33)26(42)29(22,27)34)9-8-13(18(15)36)11-4-6-12(43-3)7-5-11/h4-9,21-22,26,36-37,39,42H,31,33-34H2,1-3H3,(H2,32,41)/t21?,22-,26+,27+,28-,29+/m1/s1. The van der Waals surface area contributed by atoms with E-state index in [1.165, 1.54) is 33.3 Å². The molecule has 3 aliphatic carbocycles. The SMILES string of the molecule is COc1ccc(-c2ccc3c(c2O)C(O)=C2C(=O)[C@]4(C#N)C(O)=C(C(N)=O)C(=O)[C@@H](N(C)C)[C@]4(N)[C@@H](O)[C@]2(N)C3N)cc1. The van der Waals surface area contributed by atoms with Gasteiger partial charge in [-0.15, -0.1) is 0 Å². The molecule has 14 heteroatoms. The Labute approximate surface area is 245 Å². The Kier molecular flexibility index (Phi) is 6.47. The van der Waals surface area contributed by atoms with Gasteiger partial charge in [-0.25, -0.2) is 0 Å². The molecule has 43 heavy (non-hydrogen) atoms. The number of nitrogens with zero attached hydrogens (tertiary/aromatic N) is 2. The molecule has 0 saturated heterocycles. The zero-order valence-corrected chi connectivity index (χ0v) is 23.3. The minimum absolute atomic E-state index is 0.0135. The number of methoxy groups -OCH3 is 1. The van der Waals surface area contributed by atoms with E-state index in [9.17, 15) is 40.1 Å². The number of primary amides is 1. The third-order valence-electron chi connectivity index (χ3n) is 8.96. The van der Waals surface area contributed by atoms with Crippen LogP contribution in [0.2, 0.25) is 0 Å². The molecule has 0 heterocycles. The molecule has 0 spiro atoms. The molecule has 0 bridgehead atoms. The molecule has 224 valence electrons. The van der Waals surface area contributed by atoms with Crippen LogP contribution >= 0.6 is 0 Å². The van der Waals surface area contributed by atoms with Crippen molar-refractivity contribution < 1.29 is 39.5 Å². The summed E-state index contributed by atoms with van der Waals surface area (Å²) in [6.07, 6.45) is -2.28. The number of likely N-dealkylation sites (N-methyl/N-ethyl adjacent to an activating group) is 1. The first kappa shape index (κ1) is 29.7. The number of ether oxygens (including phenoxy) is 1. The van der Waals surface area contributed by atoms with Crippen molar-refractivity contribution in [2.75, 3.05) is 21.2 Å². The number of hydrogen-bond acceptors (Lipinski definition) is 13. The number of benzene rings is 2. The van der Waals surface area contributed by atoms with Crippen LogP contribution in [0.3, 0.4) is 0 Å². The predicted molar refractivity (Wildman–Crippen MR) is 151 cm³/mol. The van der Waals surface area contributed by atoms with E-state index in [1.54, 1.807) is 30.3 Å². The fourth-order valence-corrected chi connectivity index (χ4v) is 6.88. The molecule has 5 rings (SSSR count). The number of aliphatic hydroxyl groups is 3. The summed E-state index contributed by atoms with van der Waals surface area (Å²) in [6.45, 7) is 0. The zero-order chi connectivity index (χ0) is 32.0. The van der Waals surface area contributed by atoms with Gasteiger partial charge in [0.2, 0.25) is 0 Å². The molecule has 0 aliphatic heterocycles. The van der Waals surface area contributed by atoms with Crippen molar-refractivity contribution in [3.8, 4) is 28.7 Å². The third kappa shape index (κ3) is 3.30. The molecule has 6 atom stereocenters. The molecule has 1 fully saturated rings. The summed E-state index contributed by atoms with van der Waals surface area (Å²) < 4.78 is 5.17. The van der Waals surface area contributed by atoms with Gasteiger partial charge < -0.3 is 48.1 Å². The molecule has 2 aromatic rings. The van der Waals surface area contributed by atoms with Crippen molar-refractivity contribution in [1.82, 2.24) is 4.90 Å². The van der Waals surface area contributed by atoms with Crippen LogP contribution in [0, 0.1) is 16.7 Å². The van der Waals surface area contributed by atoms with Gasteiger partial charge in [0.25, 0.3) is 5.91 Å². The summed E-state index contributed by atoms with van der Waals surface area (Å²) in [5.41, 5.74) is 15.6. The topological polar surface area (TPSA) is 272 Å². The Hall–Kier alpha value is -4.78. The number of Topliss-reactive ketones (excluding diaryl/α,β-unsaturated/α-hetero) is 2. The average molecular weight is 591 g/mol. The number of ketones is 2. The maximum absolute atomic E-state index is 14.5. The second-order valence-electron chi connectivity index (χ2n) is 11.1. The van der Waals surface area contributed by atoms with E-state index in [2.05, 4.69) is 0 Å². The summed E-state index contributed by atoms with van der Waals surface area (Å²) in [4.78, 5) is 41.5. The summed E-state index contributed by atoms with van der Waals surface area (Å²) in [5.74, 6) is -6.36. The number of amides is 1. The van der Waals surface area contributed by atoms with Crippen LogP contribution in [-0.2, 0) is 14.4 Å².